The Bertz CT molecular complexity index is 2280. The maximum absolute atomic E-state index is 5.57. The van der Waals surface area contributed by atoms with E-state index in [4.69, 9.17) is 18.9 Å². The minimum absolute atomic E-state index is 0.834. The van der Waals surface area contributed by atoms with Crippen LogP contribution in [0.15, 0.2) is 146 Å². The molecule has 0 atom stereocenters. The highest BCUT2D eigenvalue weighted by Gasteiger charge is 2.19. The van der Waals surface area contributed by atoms with Gasteiger partial charge in [-0.3, -0.25) is 0 Å². The average Bonchev–Trinajstić information content (AvgIpc) is 3.23. The number of benzene rings is 7. The van der Waals surface area contributed by atoms with E-state index < -0.39 is 0 Å². The minimum atomic E-state index is 0.834. The molecule has 0 saturated heterocycles. The van der Waals surface area contributed by atoms with E-state index in [0.717, 1.165) is 102 Å². The maximum Gasteiger partial charge on any atom is 0.121 e. The van der Waals surface area contributed by atoms with E-state index in [1.54, 1.807) is 28.4 Å². The summed E-state index contributed by atoms with van der Waals surface area (Å²) >= 11 is 0. The summed E-state index contributed by atoms with van der Waals surface area (Å²) < 4.78 is 22.2. The summed E-state index contributed by atoms with van der Waals surface area (Å²) in [4.78, 5) is 4.56. The number of hydrogen-bond donors (Lipinski definition) is 0. The fraction of sp³-hybridized carbons (Fsp3) is 0.160. The molecule has 0 aliphatic heterocycles. The molecule has 0 radical (unpaired) electrons. The normalized spacial score (nSPS) is 10.9. The molecule has 6 nitrogen and oxygen atoms in total. The molecule has 0 fully saturated rings. The summed E-state index contributed by atoms with van der Waals surface area (Å²) in [6.45, 7) is 8.38. The summed E-state index contributed by atoms with van der Waals surface area (Å²) in [7, 11) is 6.81. The van der Waals surface area contributed by atoms with Gasteiger partial charge < -0.3 is 28.7 Å². The van der Waals surface area contributed by atoms with Crippen LogP contribution in [0.3, 0.4) is 0 Å². The molecule has 0 bridgehead atoms. The molecule has 0 spiro atoms. The van der Waals surface area contributed by atoms with Crippen molar-refractivity contribution in [2.75, 3.05) is 38.2 Å². The average molecular weight is 741 g/mol. The molecule has 7 rings (SSSR count). The smallest absolute Gasteiger partial charge is 0.121 e. The van der Waals surface area contributed by atoms with Gasteiger partial charge in [0, 0.05) is 34.1 Å². The topological polar surface area (TPSA) is 43.4 Å². The van der Waals surface area contributed by atoms with Crippen molar-refractivity contribution in [3.8, 4) is 45.3 Å². The zero-order valence-electron chi connectivity index (χ0n) is 33.4. The molecule has 0 unspecified atom stereocenters. The summed E-state index contributed by atoms with van der Waals surface area (Å²) in [6.07, 6.45) is 0. The molecule has 7 aromatic carbocycles. The summed E-state index contributed by atoms with van der Waals surface area (Å²) in [5, 5.41) is 0. The second-order valence-corrected chi connectivity index (χ2v) is 14.0. The van der Waals surface area contributed by atoms with E-state index in [-0.39, 0.29) is 0 Å². The second kappa shape index (κ2) is 16.4. The molecule has 282 valence electrons. The van der Waals surface area contributed by atoms with Gasteiger partial charge in [-0.15, -0.1) is 0 Å². The van der Waals surface area contributed by atoms with Crippen molar-refractivity contribution in [2.24, 2.45) is 0 Å². The molecule has 0 heterocycles. The van der Waals surface area contributed by atoms with Crippen molar-refractivity contribution in [3.05, 3.63) is 168 Å². The highest BCUT2D eigenvalue weighted by Crippen LogP contribution is 2.42. The lowest BCUT2D eigenvalue weighted by Gasteiger charge is -2.28. The molecule has 6 heteroatoms. The van der Waals surface area contributed by atoms with Crippen LogP contribution in [0.5, 0.6) is 23.0 Å². The van der Waals surface area contributed by atoms with E-state index in [1.165, 1.54) is 0 Å². The predicted octanol–water partition coefficient (Wildman–Crippen LogP) is 13.2. The molecule has 0 aliphatic rings. The number of rotatable bonds is 12. The first-order chi connectivity index (χ1) is 27.2. The Hall–Kier alpha value is -6.66. The standard InChI is InChI=1S/C50H48N2O4/c1-33-31-45(53-5)23-25-47(33)51(43-21-27-49(55-7)35(3)29-43)41-17-13-39(14-18-41)37-9-11-38(12-10-37)40-15-19-42(20-16-40)52(44-22-28-50(56-8)36(4)30-44)48-26-24-46(54-6)32-34(48)2/h9-32H,1-8H3. The number of aryl methyl sites for hydroxylation is 4. The van der Waals surface area contributed by atoms with Gasteiger partial charge in [0.1, 0.15) is 23.0 Å². The van der Waals surface area contributed by atoms with Crippen LogP contribution < -0.4 is 28.7 Å². The largest absolute Gasteiger partial charge is 0.497 e. The van der Waals surface area contributed by atoms with Crippen LogP contribution in [0.25, 0.3) is 22.3 Å². The van der Waals surface area contributed by atoms with Gasteiger partial charge in [0.2, 0.25) is 0 Å². The maximum atomic E-state index is 5.57. The van der Waals surface area contributed by atoms with Crippen molar-refractivity contribution >= 4 is 34.1 Å². The zero-order valence-corrected chi connectivity index (χ0v) is 33.4. The Kier molecular flexibility index (Phi) is 11.0. The lowest BCUT2D eigenvalue weighted by atomic mass is 9.99. The minimum Gasteiger partial charge on any atom is -0.497 e. The third kappa shape index (κ3) is 7.64. The highest BCUT2D eigenvalue weighted by atomic mass is 16.5. The lowest BCUT2D eigenvalue weighted by Crippen LogP contribution is -2.11. The molecular formula is C50H48N2O4. The predicted molar refractivity (Wildman–Crippen MR) is 232 cm³/mol. The van der Waals surface area contributed by atoms with Gasteiger partial charge in [-0.2, -0.15) is 0 Å². The van der Waals surface area contributed by atoms with E-state index in [2.05, 4.69) is 159 Å². The van der Waals surface area contributed by atoms with Crippen molar-refractivity contribution in [1.82, 2.24) is 0 Å². The van der Waals surface area contributed by atoms with E-state index >= 15 is 0 Å². The Labute approximate surface area is 331 Å². The molecule has 0 amide bonds. The van der Waals surface area contributed by atoms with Crippen LogP contribution in [-0.4, -0.2) is 28.4 Å². The van der Waals surface area contributed by atoms with Gasteiger partial charge in [-0.05, 0) is 169 Å². The van der Waals surface area contributed by atoms with Crippen molar-refractivity contribution in [1.29, 1.82) is 0 Å². The van der Waals surface area contributed by atoms with Crippen LogP contribution in [0, 0.1) is 27.7 Å². The van der Waals surface area contributed by atoms with Crippen LogP contribution in [0.1, 0.15) is 22.3 Å². The third-order valence-electron chi connectivity index (χ3n) is 10.4. The van der Waals surface area contributed by atoms with Gasteiger partial charge >= 0.3 is 0 Å². The fourth-order valence-electron chi connectivity index (χ4n) is 7.33. The van der Waals surface area contributed by atoms with Gasteiger partial charge in [0.25, 0.3) is 0 Å². The van der Waals surface area contributed by atoms with E-state index in [1.807, 2.05) is 24.3 Å². The molecular weight excluding hydrogens is 693 g/mol. The van der Waals surface area contributed by atoms with Crippen molar-refractivity contribution in [3.63, 3.8) is 0 Å². The zero-order chi connectivity index (χ0) is 39.3. The Balaban J connectivity index is 1.16. The molecule has 0 N–H and O–H groups in total. The fourth-order valence-corrected chi connectivity index (χ4v) is 7.33. The molecule has 7 aromatic rings. The van der Waals surface area contributed by atoms with Crippen LogP contribution in [-0.2, 0) is 0 Å². The first kappa shape index (κ1) is 37.6. The van der Waals surface area contributed by atoms with Crippen LogP contribution in [0.2, 0.25) is 0 Å². The number of hydrogen-bond acceptors (Lipinski definition) is 6. The number of ether oxygens (including phenoxy) is 4. The van der Waals surface area contributed by atoms with Gasteiger partial charge in [0.05, 0.1) is 28.4 Å². The van der Waals surface area contributed by atoms with Crippen molar-refractivity contribution in [2.45, 2.75) is 27.7 Å². The number of nitrogens with zero attached hydrogens (tertiary/aromatic N) is 2. The quantitative estimate of drug-likeness (QED) is 0.124. The van der Waals surface area contributed by atoms with Crippen LogP contribution >= 0.6 is 0 Å². The SMILES string of the molecule is COc1ccc(N(c2ccc(-c3ccc(-c4ccc(N(c5ccc(OC)c(C)c5)c5ccc(OC)cc5C)cc4)cc3)cc2)c2ccc(OC)c(C)c2)c(C)c1. The number of anilines is 6. The molecule has 0 saturated carbocycles. The first-order valence-corrected chi connectivity index (χ1v) is 18.7. The molecule has 0 aliphatic carbocycles. The Morgan fingerprint density at radius 3 is 0.911 bits per heavy atom. The van der Waals surface area contributed by atoms with Gasteiger partial charge in [-0.25, -0.2) is 0 Å². The van der Waals surface area contributed by atoms with E-state index in [9.17, 15) is 0 Å². The Morgan fingerprint density at radius 1 is 0.304 bits per heavy atom. The van der Waals surface area contributed by atoms with Gasteiger partial charge in [-0.1, -0.05) is 48.5 Å². The third-order valence-corrected chi connectivity index (χ3v) is 10.4. The highest BCUT2D eigenvalue weighted by molar-refractivity contribution is 5.83. The van der Waals surface area contributed by atoms with Gasteiger partial charge in [0.15, 0.2) is 0 Å². The number of methoxy groups -OCH3 is 4. The molecule has 0 aromatic heterocycles. The monoisotopic (exact) mass is 740 g/mol. The van der Waals surface area contributed by atoms with E-state index in [0.29, 0.717) is 0 Å². The second-order valence-electron chi connectivity index (χ2n) is 14.0. The van der Waals surface area contributed by atoms with Crippen LogP contribution in [0.4, 0.5) is 34.1 Å². The first-order valence-electron chi connectivity index (χ1n) is 18.7. The Morgan fingerprint density at radius 2 is 0.625 bits per heavy atom. The summed E-state index contributed by atoms with van der Waals surface area (Å²) in [5.74, 6) is 3.40. The lowest BCUT2D eigenvalue weighted by molar-refractivity contribution is 0.411. The summed E-state index contributed by atoms with van der Waals surface area (Å²) in [5.41, 5.74) is 15.4. The van der Waals surface area contributed by atoms with Crippen molar-refractivity contribution < 1.29 is 18.9 Å². The summed E-state index contributed by atoms with van der Waals surface area (Å²) in [6, 6.07) is 51.3. The molecule has 56 heavy (non-hydrogen) atoms.